The molecule has 0 aliphatic carbocycles. The summed E-state index contributed by atoms with van der Waals surface area (Å²) in [5.41, 5.74) is -0.553. The van der Waals surface area contributed by atoms with Crippen LogP contribution in [0.25, 0.3) is 0 Å². The molecule has 0 radical (unpaired) electrons. The lowest BCUT2D eigenvalue weighted by Crippen LogP contribution is -2.42. The summed E-state index contributed by atoms with van der Waals surface area (Å²) in [4.78, 5) is 0. The first-order chi connectivity index (χ1) is 8.51. The minimum absolute atomic E-state index is 0.236. The molecule has 0 fully saturated rings. The third-order valence-electron chi connectivity index (χ3n) is 2.46. The van der Waals surface area contributed by atoms with Crippen molar-refractivity contribution in [3.05, 3.63) is 41.4 Å². The lowest BCUT2D eigenvalue weighted by Gasteiger charge is -2.32. The van der Waals surface area contributed by atoms with Crippen LogP contribution in [0.15, 0.2) is 41.4 Å². The molecule has 0 N–H and O–H groups in total. The SMILES string of the molecule is C#CCOC(C=C)C(C)(C)Oc1ccccc1Br. The van der Waals surface area contributed by atoms with Crippen molar-refractivity contribution in [1.29, 1.82) is 0 Å². The van der Waals surface area contributed by atoms with Gasteiger partial charge in [-0.25, -0.2) is 0 Å². The van der Waals surface area contributed by atoms with Crippen LogP contribution in [-0.2, 0) is 4.74 Å². The topological polar surface area (TPSA) is 18.5 Å². The second-order valence-electron chi connectivity index (χ2n) is 4.31. The molecule has 0 aliphatic rings. The first kappa shape index (κ1) is 14.8. The van der Waals surface area contributed by atoms with E-state index in [4.69, 9.17) is 15.9 Å². The van der Waals surface area contributed by atoms with E-state index in [-0.39, 0.29) is 12.7 Å². The fraction of sp³-hybridized carbons (Fsp3) is 0.333. The van der Waals surface area contributed by atoms with E-state index in [1.807, 2.05) is 38.1 Å². The Morgan fingerprint density at radius 3 is 2.72 bits per heavy atom. The van der Waals surface area contributed by atoms with E-state index in [2.05, 4.69) is 28.4 Å². The van der Waals surface area contributed by atoms with E-state index in [0.29, 0.717) is 0 Å². The van der Waals surface area contributed by atoms with Crippen LogP contribution in [0, 0.1) is 12.3 Å². The summed E-state index contributed by atoms with van der Waals surface area (Å²) < 4.78 is 12.4. The second kappa shape index (κ2) is 6.63. The molecule has 0 bridgehead atoms. The minimum atomic E-state index is -0.553. The molecule has 96 valence electrons. The van der Waals surface area contributed by atoms with Gasteiger partial charge >= 0.3 is 0 Å². The smallest absolute Gasteiger partial charge is 0.134 e. The largest absolute Gasteiger partial charge is 0.484 e. The van der Waals surface area contributed by atoms with Crippen LogP contribution in [0.4, 0.5) is 0 Å². The van der Waals surface area contributed by atoms with Gasteiger partial charge in [0.2, 0.25) is 0 Å². The van der Waals surface area contributed by atoms with Crippen molar-refractivity contribution in [2.45, 2.75) is 25.6 Å². The van der Waals surface area contributed by atoms with Gasteiger partial charge in [0, 0.05) is 0 Å². The van der Waals surface area contributed by atoms with E-state index in [1.54, 1.807) is 6.08 Å². The molecule has 3 heteroatoms. The molecule has 1 aromatic rings. The lowest BCUT2D eigenvalue weighted by atomic mass is 10.0. The summed E-state index contributed by atoms with van der Waals surface area (Å²) in [6.07, 6.45) is 6.62. The van der Waals surface area contributed by atoms with Gasteiger partial charge in [0.1, 0.15) is 24.1 Å². The minimum Gasteiger partial charge on any atom is -0.484 e. The summed E-state index contributed by atoms with van der Waals surface area (Å²) in [7, 11) is 0. The van der Waals surface area contributed by atoms with E-state index in [1.165, 1.54) is 0 Å². The van der Waals surface area contributed by atoms with Gasteiger partial charge in [0.15, 0.2) is 0 Å². The predicted octanol–water partition coefficient (Wildman–Crippen LogP) is 3.81. The summed E-state index contributed by atoms with van der Waals surface area (Å²) >= 11 is 3.45. The third-order valence-corrected chi connectivity index (χ3v) is 3.11. The van der Waals surface area contributed by atoms with E-state index >= 15 is 0 Å². The van der Waals surface area contributed by atoms with Gasteiger partial charge in [-0.05, 0) is 41.9 Å². The van der Waals surface area contributed by atoms with Gasteiger partial charge in [-0.3, -0.25) is 0 Å². The molecule has 0 saturated carbocycles. The van der Waals surface area contributed by atoms with Crippen molar-refractivity contribution in [2.24, 2.45) is 0 Å². The maximum absolute atomic E-state index is 5.97. The van der Waals surface area contributed by atoms with Gasteiger partial charge in [-0.15, -0.1) is 13.0 Å². The molecule has 1 unspecified atom stereocenters. The zero-order valence-electron chi connectivity index (χ0n) is 10.7. The number of halogens is 1. The van der Waals surface area contributed by atoms with Crippen molar-refractivity contribution >= 4 is 15.9 Å². The highest BCUT2D eigenvalue weighted by molar-refractivity contribution is 9.10. The molecule has 0 aliphatic heterocycles. The highest BCUT2D eigenvalue weighted by Gasteiger charge is 2.30. The summed E-state index contributed by atoms with van der Waals surface area (Å²) in [5.74, 6) is 3.21. The van der Waals surface area contributed by atoms with Crippen molar-refractivity contribution in [3.63, 3.8) is 0 Å². The lowest BCUT2D eigenvalue weighted by molar-refractivity contribution is -0.0371. The van der Waals surface area contributed by atoms with E-state index in [9.17, 15) is 0 Å². The zero-order valence-corrected chi connectivity index (χ0v) is 12.2. The molecular weight excluding hydrogens is 292 g/mol. The number of hydrogen-bond acceptors (Lipinski definition) is 2. The summed E-state index contributed by atoms with van der Waals surface area (Å²) in [5, 5.41) is 0. The molecule has 1 rings (SSSR count). The molecular formula is C15H17BrO2. The van der Waals surface area contributed by atoms with E-state index in [0.717, 1.165) is 10.2 Å². The average molecular weight is 309 g/mol. The predicted molar refractivity (Wildman–Crippen MR) is 77.6 cm³/mol. The van der Waals surface area contributed by atoms with Crippen molar-refractivity contribution in [1.82, 2.24) is 0 Å². The van der Waals surface area contributed by atoms with Crippen LogP contribution in [0.3, 0.4) is 0 Å². The summed E-state index contributed by atoms with van der Waals surface area (Å²) in [6, 6.07) is 7.68. The van der Waals surface area contributed by atoms with Crippen LogP contribution in [0.5, 0.6) is 5.75 Å². The Labute approximate surface area is 117 Å². The Bertz CT molecular complexity index is 446. The Morgan fingerprint density at radius 1 is 1.50 bits per heavy atom. The molecule has 0 heterocycles. The first-order valence-electron chi connectivity index (χ1n) is 5.62. The van der Waals surface area contributed by atoms with Crippen LogP contribution in [-0.4, -0.2) is 18.3 Å². The number of rotatable bonds is 6. The highest BCUT2D eigenvalue weighted by atomic mass is 79.9. The maximum Gasteiger partial charge on any atom is 0.134 e. The summed E-state index contributed by atoms with van der Waals surface area (Å²) in [6.45, 7) is 7.87. The van der Waals surface area contributed by atoms with Crippen LogP contribution >= 0.6 is 15.9 Å². The first-order valence-corrected chi connectivity index (χ1v) is 6.41. The molecule has 0 aromatic heterocycles. The molecule has 18 heavy (non-hydrogen) atoms. The van der Waals surface area contributed by atoms with Crippen LogP contribution in [0.1, 0.15) is 13.8 Å². The normalized spacial score (nSPS) is 12.6. The second-order valence-corrected chi connectivity index (χ2v) is 5.16. The Hall–Kier alpha value is -1.24. The zero-order chi connectivity index (χ0) is 13.6. The van der Waals surface area contributed by atoms with Crippen molar-refractivity contribution < 1.29 is 9.47 Å². The van der Waals surface area contributed by atoms with E-state index < -0.39 is 5.60 Å². The number of ether oxygens (including phenoxy) is 2. The molecule has 0 saturated heterocycles. The van der Waals surface area contributed by atoms with Gasteiger partial charge in [-0.1, -0.05) is 24.1 Å². The maximum atomic E-state index is 5.97. The highest BCUT2D eigenvalue weighted by Crippen LogP contribution is 2.30. The number of hydrogen-bond donors (Lipinski definition) is 0. The Balaban J connectivity index is 2.83. The molecule has 0 amide bonds. The van der Waals surface area contributed by atoms with Crippen molar-refractivity contribution in [2.75, 3.05) is 6.61 Å². The number of terminal acetylenes is 1. The third kappa shape index (κ3) is 3.90. The molecule has 1 atom stereocenters. The van der Waals surface area contributed by atoms with Crippen LogP contribution < -0.4 is 4.74 Å². The quantitative estimate of drug-likeness (QED) is 0.587. The Morgan fingerprint density at radius 2 is 2.17 bits per heavy atom. The molecule has 0 spiro atoms. The standard InChI is InChI=1S/C15H17BrO2/c1-5-11-17-14(6-2)15(3,4)18-13-10-8-7-9-12(13)16/h1,6-10,14H,2,11H2,3-4H3. The molecule has 1 aromatic carbocycles. The number of para-hydroxylation sites is 1. The Kier molecular flexibility index (Phi) is 5.46. The fourth-order valence-electron chi connectivity index (χ4n) is 1.56. The van der Waals surface area contributed by atoms with Crippen LogP contribution in [0.2, 0.25) is 0 Å². The number of benzene rings is 1. The van der Waals surface area contributed by atoms with Gasteiger partial charge in [0.05, 0.1) is 4.47 Å². The average Bonchev–Trinajstić information content (AvgIpc) is 2.32. The monoisotopic (exact) mass is 308 g/mol. The molecule has 2 nitrogen and oxygen atoms in total. The fourth-order valence-corrected chi connectivity index (χ4v) is 1.93. The van der Waals surface area contributed by atoms with Gasteiger partial charge < -0.3 is 9.47 Å². The van der Waals surface area contributed by atoms with Gasteiger partial charge in [-0.2, -0.15) is 0 Å². The van der Waals surface area contributed by atoms with Crippen molar-refractivity contribution in [3.8, 4) is 18.1 Å². The van der Waals surface area contributed by atoms with Gasteiger partial charge in [0.25, 0.3) is 0 Å².